The molecule has 2 aliphatic heterocycles. The van der Waals surface area contributed by atoms with E-state index < -0.39 is 41.4 Å². The van der Waals surface area contributed by atoms with Gasteiger partial charge in [-0.05, 0) is 19.3 Å². The molecular weight excluding hydrogens is 338 g/mol. The average molecular weight is 353 g/mol. The zero-order valence-electron chi connectivity index (χ0n) is 13.0. The summed E-state index contributed by atoms with van der Waals surface area (Å²) in [7, 11) is 0. The van der Waals surface area contributed by atoms with Crippen LogP contribution < -0.4 is 11.1 Å². The van der Waals surface area contributed by atoms with Crippen LogP contribution in [0.15, 0.2) is 12.2 Å². The Labute approximate surface area is 141 Å². The molecule has 3 amide bonds. The van der Waals surface area contributed by atoms with Crippen LogP contribution in [0.4, 0.5) is 4.79 Å². The Bertz CT molecular complexity index is 658. The van der Waals surface area contributed by atoms with Gasteiger partial charge in [-0.1, -0.05) is 0 Å². The minimum atomic E-state index is -2.65. The molecule has 3 rings (SSSR count). The summed E-state index contributed by atoms with van der Waals surface area (Å²) in [5, 5.41) is 2.20. The second kappa shape index (κ2) is 5.84. The SMILES string of the molecule is NC1(OC(=O)NCCN2C(=O)C=CC2=O)OC(=O)C2(CCC2)C(=O)O1. The predicted octanol–water partition coefficient (Wildman–Crippen LogP) is -1.52. The molecule has 1 saturated heterocycles. The molecule has 1 aliphatic carbocycles. The number of alkyl carbamates (subject to hydrolysis) is 1. The lowest BCUT2D eigenvalue weighted by Gasteiger charge is -2.43. The summed E-state index contributed by atoms with van der Waals surface area (Å²) in [6.07, 6.45) is -0.344. The van der Waals surface area contributed by atoms with Gasteiger partial charge in [0, 0.05) is 25.2 Å². The number of carbonyl (C=O) groups is 5. The number of hydrogen-bond acceptors (Lipinski definition) is 9. The number of imide groups is 1. The van der Waals surface area contributed by atoms with Crippen molar-refractivity contribution in [3.05, 3.63) is 12.2 Å². The summed E-state index contributed by atoms with van der Waals surface area (Å²) in [5.41, 5.74) is 4.13. The molecule has 3 aliphatic rings. The lowest BCUT2D eigenvalue weighted by molar-refractivity contribution is -0.344. The standard InChI is InChI=1S/C14H15N3O8/c15-14(23-10(20)13(4-1-5-13)11(21)24-14)25-12(22)16-6-7-17-8(18)2-3-9(17)19/h2-3H,1,4-7,15H2,(H,16,22). The third-order valence-electron chi connectivity index (χ3n) is 4.20. The van der Waals surface area contributed by atoms with Gasteiger partial charge in [0.25, 0.3) is 11.8 Å². The molecule has 1 saturated carbocycles. The topological polar surface area (TPSA) is 154 Å². The van der Waals surface area contributed by atoms with Crippen molar-refractivity contribution in [2.45, 2.75) is 25.4 Å². The van der Waals surface area contributed by atoms with Crippen molar-refractivity contribution in [3.63, 3.8) is 0 Å². The van der Waals surface area contributed by atoms with E-state index in [1.165, 1.54) is 0 Å². The smallest absolute Gasteiger partial charge is 0.373 e. The molecule has 1 spiro atoms. The third kappa shape index (κ3) is 2.93. The highest BCUT2D eigenvalue weighted by atomic mass is 16.9. The second-order valence-electron chi connectivity index (χ2n) is 5.80. The first-order valence-corrected chi connectivity index (χ1v) is 7.52. The molecule has 0 unspecified atom stereocenters. The maximum absolute atomic E-state index is 12.0. The maximum atomic E-state index is 12.0. The van der Waals surface area contributed by atoms with E-state index in [9.17, 15) is 24.0 Å². The van der Waals surface area contributed by atoms with Crippen LogP contribution in [0.5, 0.6) is 0 Å². The highest BCUT2D eigenvalue weighted by Gasteiger charge is 2.62. The molecule has 0 radical (unpaired) electrons. The number of amides is 3. The number of hydrogen-bond donors (Lipinski definition) is 2. The van der Waals surface area contributed by atoms with E-state index in [0.29, 0.717) is 19.3 Å². The lowest BCUT2D eigenvalue weighted by Crippen LogP contribution is -2.64. The number of carbonyl (C=O) groups excluding carboxylic acids is 5. The van der Waals surface area contributed by atoms with Crippen LogP contribution in [0.3, 0.4) is 0 Å². The van der Waals surface area contributed by atoms with Crippen molar-refractivity contribution >= 4 is 29.8 Å². The van der Waals surface area contributed by atoms with Crippen molar-refractivity contribution in [2.24, 2.45) is 11.1 Å². The van der Waals surface area contributed by atoms with E-state index in [4.69, 9.17) is 15.2 Å². The Hall–Kier alpha value is -2.95. The molecule has 2 heterocycles. The van der Waals surface area contributed by atoms with Crippen molar-refractivity contribution in [3.8, 4) is 0 Å². The third-order valence-corrected chi connectivity index (χ3v) is 4.20. The number of nitrogens with zero attached hydrogens (tertiary/aromatic N) is 1. The normalized spacial score (nSPS) is 23.2. The number of nitrogens with two attached hydrogens (primary N) is 1. The molecule has 0 aromatic heterocycles. The van der Waals surface area contributed by atoms with Gasteiger partial charge in [-0.25, -0.2) is 10.5 Å². The first kappa shape index (κ1) is 16.9. The average Bonchev–Trinajstić information content (AvgIpc) is 2.76. The number of cyclic esters (lactones) is 2. The fraction of sp³-hybridized carbons (Fsp3) is 0.500. The van der Waals surface area contributed by atoms with Crippen LogP contribution in [-0.4, -0.2) is 53.9 Å². The van der Waals surface area contributed by atoms with Gasteiger partial charge in [0.2, 0.25) is 0 Å². The lowest BCUT2D eigenvalue weighted by atomic mass is 9.68. The van der Waals surface area contributed by atoms with E-state index >= 15 is 0 Å². The zero-order valence-corrected chi connectivity index (χ0v) is 13.0. The fourth-order valence-electron chi connectivity index (χ4n) is 2.62. The van der Waals surface area contributed by atoms with Crippen LogP contribution in [0.2, 0.25) is 0 Å². The number of ether oxygens (including phenoxy) is 3. The van der Waals surface area contributed by atoms with Gasteiger partial charge >= 0.3 is 24.1 Å². The van der Waals surface area contributed by atoms with Crippen LogP contribution >= 0.6 is 0 Å². The summed E-state index contributed by atoms with van der Waals surface area (Å²) in [6, 6.07) is 0. The molecule has 134 valence electrons. The molecule has 3 N–H and O–H groups in total. The molecule has 11 nitrogen and oxygen atoms in total. The molecule has 0 aromatic rings. The molecule has 0 bridgehead atoms. The Morgan fingerprint density at radius 1 is 1.16 bits per heavy atom. The summed E-state index contributed by atoms with van der Waals surface area (Å²) in [4.78, 5) is 59.2. The number of rotatable bonds is 4. The van der Waals surface area contributed by atoms with Gasteiger partial charge < -0.3 is 19.5 Å². The number of nitrogens with one attached hydrogen (secondary N) is 1. The van der Waals surface area contributed by atoms with E-state index in [0.717, 1.165) is 17.1 Å². The molecule has 0 aromatic carbocycles. The zero-order chi connectivity index (χ0) is 18.2. The Morgan fingerprint density at radius 3 is 2.20 bits per heavy atom. The van der Waals surface area contributed by atoms with Gasteiger partial charge in [0.05, 0.1) is 0 Å². The maximum Gasteiger partial charge on any atom is 0.497 e. The Kier molecular flexibility index (Phi) is 3.95. The Morgan fingerprint density at radius 2 is 1.72 bits per heavy atom. The molecule has 25 heavy (non-hydrogen) atoms. The monoisotopic (exact) mass is 353 g/mol. The van der Waals surface area contributed by atoms with E-state index in [2.05, 4.69) is 10.1 Å². The highest BCUT2D eigenvalue weighted by molar-refractivity contribution is 6.12. The van der Waals surface area contributed by atoms with Crippen LogP contribution in [0, 0.1) is 5.41 Å². The minimum Gasteiger partial charge on any atom is -0.373 e. The largest absolute Gasteiger partial charge is 0.497 e. The van der Waals surface area contributed by atoms with Gasteiger partial charge in [0.1, 0.15) is 0 Å². The summed E-state index contributed by atoms with van der Waals surface area (Å²) < 4.78 is 14.2. The molecule has 11 heteroatoms. The molecular formula is C14H15N3O8. The first-order valence-electron chi connectivity index (χ1n) is 7.52. The Balaban J connectivity index is 1.49. The van der Waals surface area contributed by atoms with Crippen LogP contribution in [0.1, 0.15) is 19.3 Å². The summed E-state index contributed by atoms with van der Waals surface area (Å²) >= 11 is 0. The van der Waals surface area contributed by atoms with Crippen molar-refractivity contribution in [2.75, 3.05) is 13.1 Å². The van der Waals surface area contributed by atoms with Gasteiger partial charge in [0.15, 0.2) is 5.41 Å². The summed E-state index contributed by atoms with van der Waals surface area (Å²) in [6.45, 7) is -0.236. The second-order valence-corrected chi connectivity index (χ2v) is 5.80. The van der Waals surface area contributed by atoms with Gasteiger partial charge in [-0.3, -0.25) is 24.1 Å². The van der Waals surface area contributed by atoms with Crippen molar-refractivity contribution in [1.82, 2.24) is 10.2 Å². The quantitative estimate of drug-likeness (QED) is 0.265. The van der Waals surface area contributed by atoms with Crippen LogP contribution in [0.25, 0.3) is 0 Å². The van der Waals surface area contributed by atoms with Crippen molar-refractivity contribution in [1.29, 1.82) is 0 Å². The van der Waals surface area contributed by atoms with Crippen LogP contribution in [-0.2, 0) is 33.4 Å². The highest BCUT2D eigenvalue weighted by Crippen LogP contribution is 2.46. The van der Waals surface area contributed by atoms with Crippen molar-refractivity contribution < 1.29 is 38.2 Å². The van der Waals surface area contributed by atoms with Gasteiger partial charge in [-0.2, -0.15) is 0 Å². The molecule has 2 fully saturated rings. The fourth-order valence-corrected chi connectivity index (χ4v) is 2.62. The first-order chi connectivity index (χ1) is 11.8. The van der Waals surface area contributed by atoms with Gasteiger partial charge in [-0.15, -0.1) is 0 Å². The van der Waals surface area contributed by atoms with E-state index in [1.807, 2.05) is 0 Å². The summed E-state index contributed by atoms with van der Waals surface area (Å²) in [5.74, 6) is -2.80. The molecule has 0 atom stereocenters. The predicted molar refractivity (Wildman–Crippen MR) is 75.7 cm³/mol. The van der Waals surface area contributed by atoms with E-state index in [1.54, 1.807) is 0 Å². The minimum absolute atomic E-state index is 0.0972. The number of esters is 2. The van der Waals surface area contributed by atoms with E-state index in [-0.39, 0.29) is 13.1 Å².